The lowest BCUT2D eigenvalue weighted by Gasteiger charge is -2.08. The molecule has 0 atom stereocenters. The summed E-state index contributed by atoms with van der Waals surface area (Å²) in [5.41, 5.74) is 2.22. The number of alkyl halides is 3. The van der Waals surface area contributed by atoms with Gasteiger partial charge in [-0.25, -0.2) is 5.43 Å². The number of hydrazone groups is 1. The monoisotopic (exact) mass is 352 g/mol. The lowest BCUT2D eigenvalue weighted by Crippen LogP contribution is -2.20. The summed E-state index contributed by atoms with van der Waals surface area (Å²) in [6.45, 7) is 0. The number of nitrogens with one attached hydrogen (secondary N) is 1. The van der Waals surface area contributed by atoms with E-state index in [0.29, 0.717) is 5.56 Å². The highest BCUT2D eigenvalue weighted by Gasteiger charge is 2.30. The van der Waals surface area contributed by atoms with Gasteiger partial charge in [0.15, 0.2) is 11.5 Å². The van der Waals surface area contributed by atoms with Crippen molar-refractivity contribution in [1.29, 1.82) is 0 Å². The number of carbonyl (C=O) groups is 1. The molecule has 0 saturated carbocycles. The highest BCUT2D eigenvalue weighted by Crippen LogP contribution is 2.29. The number of carbonyl (C=O) groups excluding carboxylic acids is 1. The van der Waals surface area contributed by atoms with Crippen molar-refractivity contribution in [2.24, 2.45) is 5.10 Å². The predicted molar refractivity (Wildman–Crippen MR) is 85.5 cm³/mol. The van der Waals surface area contributed by atoms with Gasteiger partial charge < -0.3 is 9.84 Å². The first-order chi connectivity index (χ1) is 11.8. The van der Waals surface area contributed by atoms with Gasteiger partial charge in [0.05, 0.1) is 25.3 Å². The fourth-order valence-corrected chi connectivity index (χ4v) is 2.04. The number of rotatable bonds is 5. The van der Waals surface area contributed by atoms with Crippen molar-refractivity contribution in [3.05, 3.63) is 59.2 Å². The molecular weight excluding hydrogens is 337 g/mol. The van der Waals surface area contributed by atoms with Crippen LogP contribution in [0.2, 0.25) is 0 Å². The zero-order valence-electron chi connectivity index (χ0n) is 13.2. The predicted octanol–water partition coefficient (Wildman–Crippen LogP) is 3.11. The van der Waals surface area contributed by atoms with Crippen molar-refractivity contribution >= 4 is 12.1 Å². The van der Waals surface area contributed by atoms with Crippen molar-refractivity contribution in [2.75, 3.05) is 7.11 Å². The molecule has 2 aromatic rings. The summed E-state index contributed by atoms with van der Waals surface area (Å²) in [5.74, 6) is -0.339. The van der Waals surface area contributed by atoms with Crippen LogP contribution in [0, 0.1) is 0 Å². The van der Waals surface area contributed by atoms with E-state index in [9.17, 15) is 23.1 Å². The molecule has 0 unspecified atom stereocenters. The second-order valence-electron chi connectivity index (χ2n) is 5.10. The molecule has 25 heavy (non-hydrogen) atoms. The van der Waals surface area contributed by atoms with Gasteiger partial charge in [-0.15, -0.1) is 0 Å². The normalized spacial score (nSPS) is 11.5. The van der Waals surface area contributed by atoms with E-state index in [1.807, 2.05) is 0 Å². The number of aromatic hydroxyl groups is 1. The second kappa shape index (κ2) is 7.69. The van der Waals surface area contributed by atoms with E-state index in [2.05, 4.69) is 10.5 Å². The summed E-state index contributed by atoms with van der Waals surface area (Å²) in [6.07, 6.45) is -3.37. The molecule has 0 spiro atoms. The van der Waals surface area contributed by atoms with Crippen LogP contribution in [0.4, 0.5) is 13.2 Å². The Labute approximate surface area is 141 Å². The number of phenols is 1. The van der Waals surface area contributed by atoms with Crippen LogP contribution in [0.15, 0.2) is 47.6 Å². The van der Waals surface area contributed by atoms with E-state index in [1.54, 1.807) is 6.07 Å². The highest BCUT2D eigenvalue weighted by atomic mass is 19.4. The molecule has 0 aliphatic rings. The summed E-state index contributed by atoms with van der Waals surface area (Å²) in [5, 5.41) is 13.2. The Bertz CT molecular complexity index is 789. The smallest absolute Gasteiger partial charge is 0.416 e. The molecule has 0 aromatic heterocycles. The Hall–Kier alpha value is -3.03. The fourth-order valence-electron chi connectivity index (χ4n) is 2.04. The zero-order valence-corrected chi connectivity index (χ0v) is 13.2. The maximum absolute atomic E-state index is 12.6. The molecule has 2 N–H and O–H groups in total. The summed E-state index contributed by atoms with van der Waals surface area (Å²) < 4.78 is 42.8. The van der Waals surface area contributed by atoms with Crippen LogP contribution in [0.25, 0.3) is 0 Å². The lowest BCUT2D eigenvalue weighted by molar-refractivity contribution is -0.137. The number of phenolic OH excluding ortho intramolecular Hbond substituents is 1. The van der Waals surface area contributed by atoms with Crippen LogP contribution in [-0.4, -0.2) is 24.3 Å². The maximum atomic E-state index is 12.6. The minimum Gasteiger partial charge on any atom is -0.504 e. The van der Waals surface area contributed by atoms with E-state index in [0.717, 1.165) is 12.1 Å². The molecule has 132 valence electrons. The number of halogens is 3. The van der Waals surface area contributed by atoms with E-state index in [-0.39, 0.29) is 23.5 Å². The molecular formula is C17H15F3N2O3. The molecule has 2 rings (SSSR count). The van der Waals surface area contributed by atoms with Crippen molar-refractivity contribution < 1.29 is 27.8 Å². The Kier molecular flexibility index (Phi) is 5.63. The number of ether oxygens (including phenoxy) is 1. The minimum absolute atomic E-state index is 0.0340. The molecule has 0 fully saturated rings. The standard InChI is InChI=1S/C17H15F3N2O3/c1-25-15-8-12(5-6-14(15)23)10-21-22-16(24)9-11-3-2-4-13(7-11)17(18,19)20/h2-8,10,23H,9H2,1H3,(H,22,24)/b21-10-. The van der Waals surface area contributed by atoms with Gasteiger partial charge >= 0.3 is 6.18 Å². The minimum atomic E-state index is -4.46. The first kappa shape index (κ1) is 18.3. The molecule has 0 saturated heterocycles. The van der Waals surface area contributed by atoms with Crippen LogP contribution in [0.5, 0.6) is 11.5 Å². The van der Waals surface area contributed by atoms with Gasteiger partial charge in [0.2, 0.25) is 5.91 Å². The second-order valence-corrected chi connectivity index (χ2v) is 5.10. The third-order valence-corrected chi connectivity index (χ3v) is 3.23. The largest absolute Gasteiger partial charge is 0.504 e. The SMILES string of the molecule is COc1cc(/C=N\NC(=O)Cc2cccc(C(F)(F)F)c2)ccc1O. The first-order valence-corrected chi connectivity index (χ1v) is 7.14. The van der Waals surface area contributed by atoms with Gasteiger partial charge in [0.1, 0.15) is 0 Å². The van der Waals surface area contributed by atoms with E-state index in [4.69, 9.17) is 4.74 Å². The Morgan fingerprint density at radius 1 is 1.28 bits per heavy atom. The topological polar surface area (TPSA) is 70.9 Å². The fraction of sp³-hybridized carbons (Fsp3) is 0.176. The lowest BCUT2D eigenvalue weighted by atomic mass is 10.1. The zero-order chi connectivity index (χ0) is 18.4. The van der Waals surface area contributed by atoms with Gasteiger partial charge in [0.25, 0.3) is 0 Å². The molecule has 0 bridgehead atoms. The molecule has 0 heterocycles. The number of amides is 1. The Morgan fingerprint density at radius 2 is 2.04 bits per heavy atom. The van der Waals surface area contributed by atoms with E-state index < -0.39 is 17.6 Å². The van der Waals surface area contributed by atoms with Gasteiger partial charge in [-0.3, -0.25) is 4.79 Å². The van der Waals surface area contributed by atoms with Crippen molar-refractivity contribution in [3.63, 3.8) is 0 Å². The van der Waals surface area contributed by atoms with E-state index in [1.165, 1.54) is 37.6 Å². The van der Waals surface area contributed by atoms with Crippen molar-refractivity contribution in [1.82, 2.24) is 5.43 Å². The van der Waals surface area contributed by atoms with E-state index >= 15 is 0 Å². The quantitative estimate of drug-likeness (QED) is 0.642. The average molecular weight is 352 g/mol. The molecule has 2 aromatic carbocycles. The van der Waals surface area contributed by atoms with Crippen molar-refractivity contribution in [2.45, 2.75) is 12.6 Å². The van der Waals surface area contributed by atoms with Crippen LogP contribution >= 0.6 is 0 Å². The summed E-state index contributed by atoms with van der Waals surface area (Å²) in [7, 11) is 1.40. The van der Waals surface area contributed by atoms with Gasteiger partial charge in [-0.05, 0) is 35.4 Å². The highest BCUT2D eigenvalue weighted by molar-refractivity contribution is 5.84. The molecule has 8 heteroatoms. The Morgan fingerprint density at radius 3 is 2.72 bits per heavy atom. The molecule has 1 amide bonds. The number of methoxy groups -OCH3 is 1. The van der Waals surface area contributed by atoms with Gasteiger partial charge in [-0.1, -0.05) is 18.2 Å². The van der Waals surface area contributed by atoms with Gasteiger partial charge in [0, 0.05) is 0 Å². The van der Waals surface area contributed by atoms with Crippen LogP contribution in [0.3, 0.4) is 0 Å². The summed E-state index contributed by atoms with van der Waals surface area (Å²) in [6, 6.07) is 9.02. The van der Waals surface area contributed by atoms with Crippen molar-refractivity contribution in [3.8, 4) is 11.5 Å². The maximum Gasteiger partial charge on any atom is 0.416 e. The number of hydrogen-bond donors (Lipinski definition) is 2. The van der Waals surface area contributed by atoms with Gasteiger partial charge in [-0.2, -0.15) is 18.3 Å². The third kappa shape index (κ3) is 5.23. The summed E-state index contributed by atoms with van der Waals surface area (Å²) >= 11 is 0. The summed E-state index contributed by atoms with van der Waals surface area (Å²) in [4.78, 5) is 11.8. The molecule has 0 aliphatic carbocycles. The number of nitrogens with zero attached hydrogens (tertiary/aromatic N) is 1. The van der Waals surface area contributed by atoms with Crippen LogP contribution in [0.1, 0.15) is 16.7 Å². The number of benzene rings is 2. The third-order valence-electron chi connectivity index (χ3n) is 3.23. The van der Waals surface area contributed by atoms with Crippen LogP contribution in [-0.2, 0) is 17.4 Å². The number of hydrogen-bond acceptors (Lipinski definition) is 4. The molecule has 0 aliphatic heterocycles. The van der Waals surface area contributed by atoms with Crippen LogP contribution < -0.4 is 10.2 Å². The average Bonchev–Trinajstić information content (AvgIpc) is 2.56. The molecule has 0 radical (unpaired) electrons. The first-order valence-electron chi connectivity index (χ1n) is 7.14. The molecule has 5 nitrogen and oxygen atoms in total. The Balaban J connectivity index is 1.97.